The number of carbonyl (C=O) groups excluding carboxylic acids is 3. The first-order valence-corrected chi connectivity index (χ1v) is 11.5. The van der Waals surface area contributed by atoms with Gasteiger partial charge in [0, 0.05) is 43.9 Å². The van der Waals surface area contributed by atoms with Gasteiger partial charge in [-0.15, -0.1) is 0 Å². The van der Waals surface area contributed by atoms with E-state index in [0.717, 1.165) is 42.6 Å². The molecule has 0 bridgehead atoms. The van der Waals surface area contributed by atoms with Crippen LogP contribution in [0.2, 0.25) is 0 Å². The first-order valence-electron chi connectivity index (χ1n) is 11.5. The van der Waals surface area contributed by atoms with Crippen LogP contribution in [0.4, 0.5) is 4.79 Å². The van der Waals surface area contributed by atoms with Gasteiger partial charge in [0.25, 0.3) is 0 Å². The minimum atomic E-state index is -0.654. The number of aliphatic hydroxyl groups excluding tert-OH is 1. The Morgan fingerprint density at radius 1 is 1.12 bits per heavy atom. The van der Waals surface area contributed by atoms with E-state index >= 15 is 0 Å². The minimum absolute atomic E-state index is 0.00301. The van der Waals surface area contributed by atoms with Crippen molar-refractivity contribution in [3.8, 4) is 0 Å². The molecule has 0 spiro atoms. The van der Waals surface area contributed by atoms with Crippen molar-refractivity contribution in [1.29, 1.82) is 0 Å². The summed E-state index contributed by atoms with van der Waals surface area (Å²) >= 11 is 0. The number of esters is 2. The predicted molar refractivity (Wildman–Crippen MR) is 117 cm³/mol. The third-order valence-corrected chi connectivity index (χ3v) is 7.31. The average molecular weight is 456 g/mol. The lowest BCUT2D eigenvalue weighted by atomic mass is 9.94. The topological polar surface area (TPSA) is 99.6 Å². The highest BCUT2D eigenvalue weighted by Gasteiger charge is 2.42. The normalized spacial score (nSPS) is 24.8. The van der Waals surface area contributed by atoms with Crippen molar-refractivity contribution in [1.82, 2.24) is 14.7 Å². The van der Waals surface area contributed by atoms with E-state index in [4.69, 9.17) is 9.47 Å². The van der Waals surface area contributed by atoms with Crippen molar-refractivity contribution in [3.63, 3.8) is 0 Å². The zero-order valence-electron chi connectivity index (χ0n) is 19.0. The lowest BCUT2D eigenvalue weighted by Gasteiger charge is -2.37. The van der Waals surface area contributed by atoms with Crippen molar-refractivity contribution in [3.05, 3.63) is 46.2 Å². The first kappa shape index (κ1) is 21.9. The number of urea groups is 1. The molecule has 4 heterocycles. The molecule has 0 aromatic heterocycles. The Hall–Kier alpha value is -2.91. The Labute approximate surface area is 192 Å². The third kappa shape index (κ3) is 3.89. The lowest BCUT2D eigenvalue weighted by molar-refractivity contribution is -0.135. The maximum absolute atomic E-state index is 13.1. The summed E-state index contributed by atoms with van der Waals surface area (Å²) in [5.41, 5.74) is 3.84. The second kappa shape index (κ2) is 8.46. The zero-order valence-corrected chi connectivity index (χ0v) is 19.0. The molecule has 9 nitrogen and oxygen atoms in total. The van der Waals surface area contributed by atoms with Gasteiger partial charge in [-0.25, -0.2) is 14.4 Å². The number of aliphatic hydroxyl groups is 1. The SMILES string of the molecule is Cc1c([C@@H](O)CN2CCC(N3CC(C)N(C4=CC(=O)OC4)C3=O)CC2)ccc2c1COC2=O. The van der Waals surface area contributed by atoms with Crippen molar-refractivity contribution in [2.45, 2.75) is 51.5 Å². The van der Waals surface area contributed by atoms with Crippen molar-refractivity contribution in [2.75, 3.05) is 32.8 Å². The van der Waals surface area contributed by atoms with E-state index in [9.17, 15) is 19.5 Å². The van der Waals surface area contributed by atoms with E-state index in [-0.39, 0.29) is 37.3 Å². The summed E-state index contributed by atoms with van der Waals surface area (Å²) in [5, 5.41) is 10.9. The number of hydrogen-bond donors (Lipinski definition) is 1. The van der Waals surface area contributed by atoms with Gasteiger partial charge < -0.3 is 24.4 Å². The molecular weight excluding hydrogens is 426 g/mol. The Morgan fingerprint density at radius 3 is 2.58 bits per heavy atom. The van der Waals surface area contributed by atoms with E-state index in [1.54, 1.807) is 11.0 Å². The van der Waals surface area contributed by atoms with Crippen LogP contribution in [-0.2, 0) is 20.9 Å². The molecule has 5 rings (SSSR count). The summed E-state index contributed by atoms with van der Waals surface area (Å²) in [7, 11) is 0. The average Bonchev–Trinajstić information content (AvgIpc) is 3.46. The Morgan fingerprint density at radius 2 is 1.88 bits per heavy atom. The second-order valence-corrected chi connectivity index (χ2v) is 9.33. The second-order valence-electron chi connectivity index (χ2n) is 9.33. The van der Waals surface area contributed by atoms with Crippen LogP contribution in [-0.4, -0.2) is 82.6 Å². The number of benzene rings is 1. The van der Waals surface area contributed by atoms with Gasteiger partial charge in [0.2, 0.25) is 0 Å². The fourth-order valence-electron chi connectivity index (χ4n) is 5.47. The number of likely N-dealkylation sites (tertiary alicyclic amines) is 1. The Kier molecular flexibility index (Phi) is 5.62. The third-order valence-electron chi connectivity index (χ3n) is 7.31. The van der Waals surface area contributed by atoms with Gasteiger partial charge in [0.05, 0.1) is 23.4 Å². The van der Waals surface area contributed by atoms with Crippen LogP contribution in [0, 0.1) is 6.92 Å². The highest BCUT2D eigenvalue weighted by molar-refractivity contribution is 5.94. The summed E-state index contributed by atoms with van der Waals surface area (Å²) < 4.78 is 10.1. The molecule has 1 N–H and O–H groups in total. The van der Waals surface area contributed by atoms with Crippen molar-refractivity contribution < 1.29 is 29.0 Å². The number of cyclic esters (lactones) is 2. The first-order chi connectivity index (χ1) is 15.8. The highest BCUT2D eigenvalue weighted by Crippen LogP contribution is 2.31. The van der Waals surface area contributed by atoms with Crippen LogP contribution in [0.5, 0.6) is 0 Å². The predicted octanol–water partition coefficient (Wildman–Crippen LogP) is 1.73. The van der Waals surface area contributed by atoms with Crippen LogP contribution in [0.15, 0.2) is 23.9 Å². The number of fused-ring (bicyclic) bond motifs is 1. The van der Waals surface area contributed by atoms with E-state index in [0.29, 0.717) is 24.4 Å². The van der Waals surface area contributed by atoms with Gasteiger partial charge in [0.1, 0.15) is 13.2 Å². The van der Waals surface area contributed by atoms with Gasteiger partial charge in [-0.2, -0.15) is 0 Å². The standard InChI is InChI=1S/C24H29N3O6/c1-14-10-26(24(31)27(14)17-9-22(29)32-12-17)16-5-7-25(8-6-16)11-21(28)18-3-4-19-20(15(18)2)13-33-23(19)30/h3-4,9,14,16,21,28H,5-8,10-13H2,1-2H3/t14?,21-/m0/s1. The smallest absolute Gasteiger partial charge is 0.338 e. The molecule has 2 atom stereocenters. The molecule has 1 aromatic rings. The highest BCUT2D eigenvalue weighted by atomic mass is 16.5. The molecule has 176 valence electrons. The van der Waals surface area contributed by atoms with Crippen LogP contribution in [0.25, 0.3) is 0 Å². The van der Waals surface area contributed by atoms with Gasteiger partial charge in [-0.05, 0) is 43.9 Å². The van der Waals surface area contributed by atoms with E-state index in [1.165, 1.54) is 6.08 Å². The molecule has 1 unspecified atom stereocenters. The molecule has 0 aliphatic carbocycles. The summed E-state index contributed by atoms with van der Waals surface area (Å²) in [6.45, 7) is 7.05. The molecule has 4 aliphatic rings. The molecular formula is C24H29N3O6. The summed E-state index contributed by atoms with van der Waals surface area (Å²) in [6, 6.07) is 3.64. The van der Waals surface area contributed by atoms with Crippen LogP contribution in [0.3, 0.4) is 0 Å². The number of rotatable bonds is 5. The summed E-state index contributed by atoms with van der Waals surface area (Å²) in [4.78, 5) is 42.1. The van der Waals surface area contributed by atoms with Crippen LogP contribution >= 0.6 is 0 Å². The van der Waals surface area contributed by atoms with Crippen molar-refractivity contribution >= 4 is 18.0 Å². The molecule has 2 fully saturated rings. The fourth-order valence-corrected chi connectivity index (χ4v) is 5.47. The number of carbonyl (C=O) groups is 3. The number of amides is 2. The Bertz CT molecular complexity index is 1030. The maximum Gasteiger partial charge on any atom is 0.338 e. The molecule has 9 heteroatoms. The molecule has 4 aliphatic heterocycles. The number of β-amino-alcohol motifs (C(OH)–C–C–N with tert-alkyl or cyclic N) is 1. The molecule has 33 heavy (non-hydrogen) atoms. The van der Waals surface area contributed by atoms with Gasteiger partial charge in [-0.3, -0.25) is 4.90 Å². The molecule has 2 saturated heterocycles. The zero-order chi connectivity index (χ0) is 23.3. The summed E-state index contributed by atoms with van der Waals surface area (Å²) in [5.74, 6) is -0.697. The molecule has 0 radical (unpaired) electrons. The summed E-state index contributed by atoms with van der Waals surface area (Å²) in [6.07, 6.45) is 2.42. The maximum atomic E-state index is 13.1. The number of piperidine rings is 1. The van der Waals surface area contributed by atoms with Gasteiger partial charge >= 0.3 is 18.0 Å². The fraction of sp³-hybridized carbons (Fsp3) is 0.542. The van der Waals surface area contributed by atoms with Crippen LogP contribution < -0.4 is 0 Å². The molecule has 0 saturated carbocycles. The van der Waals surface area contributed by atoms with E-state index in [1.807, 2.05) is 24.8 Å². The Balaban J connectivity index is 1.18. The number of nitrogens with zero attached hydrogens (tertiary/aromatic N) is 3. The lowest BCUT2D eigenvalue weighted by Crippen LogP contribution is -2.47. The minimum Gasteiger partial charge on any atom is -0.457 e. The van der Waals surface area contributed by atoms with E-state index < -0.39 is 12.1 Å². The van der Waals surface area contributed by atoms with Gasteiger partial charge in [0.15, 0.2) is 0 Å². The molecule has 1 aromatic carbocycles. The largest absolute Gasteiger partial charge is 0.457 e. The monoisotopic (exact) mass is 455 g/mol. The number of hydrogen-bond acceptors (Lipinski definition) is 7. The van der Waals surface area contributed by atoms with Gasteiger partial charge in [-0.1, -0.05) is 6.07 Å². The number of ether oxygens (including phenoxy) is 2. The molecule has 2 amide bonds. The van der Waals surface area contributed by atoms with Crippen LogP contribution in [0.1, 0.15) is 52.9 Å². The van der Waals surface area contributed by atoms with Crippen molar-refractivity contribution in [2.24, 2.45) is 0 Å². The quantitative estimate of drug-likeness (QED) is 0.675. The van der Waals surface area contributed by atoms with E-state index in [2.05, 4.69) is 4.90 Å².